The van der Waals surface area contributed by atoms with Gasteiger partial charge in [0.15, 0.2) is 0 Å². The summed E-state index contributed by atoms with van der Waals surface area (Å²) < 4.78 is 12.9. The van der Waals surface area contributed by atoms with E-state index in [4.69, 9.17) is 0 Å². The Morgan fingerprint density at radius 2 is 1.70 bits per heavy atom. The molecule has 0 bridgehead atoms. The number of para-hydroxylation sites is 1. The Morgan fingerprint density at radius 3 is 2.33 bits per heavy atom. The van der Waals surface area contributed by atoms with Gasteiger partial charge >= 0.3 is 0 Å². The average Bonchev–Trinajstić information content (AvgIpc) is 2.65. The molecule has 0 fully saturated rings. The number of aryl methyl sites for hydroxylation is 1. The van der Waals surface area contributed by atoms with Crippen LogP contribution in [0.15, 0.2) is 54.9 Å². The molecule has 2 N–H and O–H groups in total. The van der Waals surface area contributed by atoms with Gasteiger partial charge in [0.05, 0.1) is 5.56 Å². The monoisotopic (exact) mass is 364 g/mol. The predicted octanol–water partition coefficient (Wildman–Crippen LogP) is 5.04. The summed E-state index contributed by atoms with van der Waals surface area (Å²) in [6.45, 7) is 6.28. The highest BCUT2D eigenvalue weighted by Crippen LogP contribution is 2.29. The van der Waals surface area contributed by atoms with Crippen LogP contribution in [0.2, 0.25) is 0 Å². The summed E-state index contributed by atoms with van der Waals surface area (Å²) in [7, 11) is 0. The van der Waals surface area contributed by atoms with Gasteiger partial charge in [0.2, 0.25) is 5.95 Å². The molecular weight excluding hydrogens is 343 g/mol. The van der Waals surface area contributed by atoms with Crippen LogP contribution in [0, 0.1) is 12.7 Å². The molecular formula is C21H21FN4O. The van der Waals surface area contributed by atoms with Gasteiger partial charge in [0.1, 0.15) is 5.82 Å². The standard InChI is InChI=1S/C21H21FN4O/c1-13(2)18-6-4-5-14(3)19(18)26-21-23-11-15(12-24-21)20(27)25-17-9-7-16(22)8-10-17/h4-13H,1-3H3,(H,25,27)(H,23,24,26). The van der Waals surface area contributed by atoms with E-state index in [9.17, 15) is 9.18 Å². The highest BCUT2D eigenvalue weighted by atomic mass is 19.1. The lowest BCUT2D eigenvalue weighted by Crippen LogP contribution is -2.13. The third kappa shape index (κ3) is 4.47. The summed E-state index contributed by atoms with van der Waals surface area (Å²) in [5.41, 5.74) is 4.08. The number of benzene rings is 2. The highest BCUT2D eigenvalue weighted by molar-refractivity contribution is 6.03. The molecule has 0 radical (unpaired) electrons. The van der Waals surface area contributed by atoms with Crippen molar-refractivity contribution in [2.24, 2.45) is 0 Å². The molecule has 0 saturated heterocycles. The molecule has 1 aromatic heterocycles. The molecule has 1 heterocycles. The van der Waals surface area contributed by atoms with Gasteiger partial charge < -0.3 is 10.6 Å². The first-order valence-corrected chi connectivity index (χ1v) is 8.69. The van der Waals surface area contributed by atoms with Gasteiger partial charge in [0, 0.05) is 23.8 Å². The molecule has 138 valence electrons. The molecule has 3 aromatic rings. The van der Waals surface area contributed by atoms with Crippen LogP contribution in [0.5, 0.6) is 0 Å². The van der Waals surface area contributed by atoms with E-state index in [0.717, 1.165) is 11.3 Å². The van der Waals surface area contributed by atoms with Gasteiger partial charge in [-0.15, -0.1) is 0 Å². The number of amides is 1. The zero-order chi connectivity index (χ0) is 19.4. The van der Waals surface area contributed by atoms with Gasteiger partial charge in [-0.1, -0.05) is 32.0 Å². The van der Waals surface area contributed by atoms with Crippen LogP contribution in [-0.4, -0.2) is 15.9 Å². The minimum absolute atomic E-state index is 0.318. The predicted molar refractivity (Wildman–Crippen MR) is 105 cm³/mol. The van der Waals surface area contributed by atoms with E-state index >= 15 is 0 Å². The first-order chi connectivity index (χ1) is 12.9. The van der Waals surface area contributed by atoms with Crippen molar-refractivity contribution >= 4 is 23.2 Å². The summed E-state index contributed by atoms with van der Waals surface area (Å²) in [5, 5.41) is 5.93. The average molecular weight is 364 g/mol. The Bertz CT molecular complexity index is 937. The smallest absolute Gasteiger partial charge is 0.258 e. The number of carbonyl (C=O) groups excluding carboxylic acids is 1. The van der Waals surface area contributed by atoms with Crippen molar-refractivity contribution in [3.8, 4) is 0 Å². The first-order valence-electron chi connectivity index (χ1n) is 8.69. The number of hydrogen-bond acceptors (Lipinski definition) is 4. The van der Waals surface area contributed by atoms with Crippen LogP contribution in [0.1, 0.15) is 41.3 Å². The van der Waals surface area contributed by atoms with Gasteiger partial charge in [0.25, 0.3) is 5.91 Å². The maximum atomic E-state index is 12.9. The molecule has 2 aromatic carbocycles. The van der Waals surface area contributed by atoms with Crippen LogP contribution >= 0.6 is 0 Å². The SMILES string of the molecule is Cc1cccc(C(C)C)c1Nc1ncc(C(=O)Nc2ccc(F)cc2)cn1. The normalized spacial score (nSPS) is 10.7. The number of nitrogens with zero attached hydrogens (tertiary/aromatic N) is 2. The topological polar surface area (TPSA) is 66.9 Å². The first kappa shape index (κ1) is 18.5. The van der Waals surface area contributed by atoms with E-state index in [0.29, 0.717) is 23.1 Å². The van der Waals surface area contributed by atoms with Crippen molar-refractivity contribution in [1.82, 2.24) is 9.97 Å². The Labute approximate surface area is 157 Å². The van der Waals surface area contributed by atoms with E-state index in [1.165, 1.54) is 42.2 Å². The molecule has 0 aliphatic carbocycles. The number of hydrogen-bond donors (Lipinski definition) is 2. The van der Waals surface area contributed by atoms with E-state index in [1.54, 1.807) is 0 Å². The van der Waals surface area contributed by atoms with E-state index in [1.807, 2.05) is 19.1 Å². The van der Waals surface area contributed by atoms with Crippen molar-refractivity contribution in [3.05, 3.63) is 77.4 Å². The third-order valence-corrected chi connectivity index (χ3v) is 4.18. The molecule has 1 amide bonds. The largest absolute Gasteiger partial charge is 0.324 e. The number of rotatable bonds is 5. The highest BCUT2D eigenvalue weighted by Gasteiger charge is 2.12. The molecule has 0 aliphatic rings. The number of aromatic nitrogens is 2. The second-order valence-corrected chi connectivity index (χ2v) is 6.58. The number of nitrogens with one attached hydrogen (secondary N) is 2. The Hall–Kier alpha value is -3.28. The molecule has 5 nitrogen and oxygen atoms in total. The molecule has 0 aliphatic heterocycles. The van der Waals surface area contributed by atoms with Crippen LogP contribution in [-0.2, 0) is 0 Å². The van der Waals surface area contributed by atoms with Crippen molar-refractivity contribution in [3.63, 3.8) is 0 Å². The zero-order valence-corrected chi connectivity index (χ0v) is 15.5. The lowest BCUT2D eigenvalue weighted by molar-refractivity contribution is 0.102. The maximum Gasteiger partial charge on any atom is 0.258 e. The minimum atomic E-state index is -0.358. The van der Waals surface area contributed by atoms with Crippen LogP contribution in [0.4, 0.5) is 21.7 Å². The van der Waals surface area contributed by atoms with E-state index < -0.39 is 0 Å². The summed E-state index contributed by atoms with van der Waals surface area (Å²) >= 11 is 0. The zero-order valence-electron chi connectivity index (χ0n) is 15.5. The Balaban J connectivity index is 1.74. The fourth-order valence-electron chi connectivity index (χ4n) is 2.70. The van der Waals surface area contributed by atoms with Gasteiger partial charge in [-0.3, -0.25) is 4.79 Å². The second kappa shape index (κ2) is 7.95. The number of carbonyl (C=O) groups is 1. The maximum absolute atomic E-state index is 12.9. The van der Waals surface area contributed by atoms with Crippen molar-refractivity contribution < 1.29 is 9.18 Å². The summed E-state index contributed by atoms with van der Waals surface area (Å²) in [4.78, 5) is 20.8. The van der Waals surface area contributed by atoms with Gasteiger partial charge in [-0.2, -0.15) is 0 Å². The van der Waals surface area contributed by atoms with Gasteiger partial charge in [-0.25, -0.2) is 14.4 Å². The lowest BCUT2D eigenvalue weighted by atomic mass is 9.98. The van der Waals surface area contributed by atoms with Crippen LogP contribution < -0.4 is 10.6 Å². The Kier molecular flexibility index (Phi) is 5.45. The molecule has 3 rings (SSSR count). The number of halogens is 1. The second-order valence-electron chi connectivity index (χ2n) is 6.58. The third-order valence-electron chi connectivity index (χ3n) is 4.18. The number of anilines is 3. The lowest BCUT2D eigenvalue weighted by Gasteiger charge is -2.16. The molecule has 27 heavy (non-hydrogen) atoms. The fourth-order valence-corrected chi connectivity index (χ4v) is 2.70. The molecule has 6 heteroatoms. The quantitative estimate of drug-likeness (QED) is 0.665. The summed E-state index contributed by atoms with van der Waals surface area (Å²) in [6.07, 6.45) is 2.92. The molecule has 0 spiro atoms. The summed E-state index contributed by atoms with van der Waals surface area (Å²) in [6, 6.07) is 11.7. The Morgan fingerprint density at radius 1 is 1.04 bits per heavy atom. The van der Waals surface area contributed by atoms with Gasteiger partial charge in [-0.05, 0) is 48.2 Å². The fraction of sp³-hybridized carbons (Fsp3) is 0.190. The van der Waals surface area contributed by atoms with E-state index in [-0.39, 0.29) is 11.7 Å². The molecule has 0 unspecified atom stereocenters. The van der Waals surface area contributed by atoms with Crippen molar-refractivity contribution in [2.75, 3.05) is 10.6 Å². The van der Waals surface area contributed by atoms with Crippen LogP contribution in [0.3, 0.4) is 0 Å². The van der Waals surface area contributed by atoms with Crippen molar-refractivity contribution in [1.29, 1.82) is 0 Å². The minimum Gasteiger partial charge on any atom is -0.324 e. The summed E-state index contributed by atoms with van der Waals surface area (Å²) in [5.74, 6) is 0.0633. The molecule has 0 saturated carbocycles. The van der Waals surface area contributed by atoms with Crippen molar-refractivity contribution in [2.45, 2.75) is 26.7 Å². The molecule has 0 atom stereocenters. The van der Waals surface area contributed by atoms with E-state index in [2.05, 4.69) is 40.5 Å². The van der Waals surface area contributed by atoms with Crippen LogP contribution in [0.25, 0.3) is 0 Å².